The van der Waals surface area contributed by atoms with E-state index >= 15 is 0 Å². The normalized spacial score (nSPS) is 12.2. The van der Waals surface area contributed by atoms with Crippen LogP contribution in [-0.2, 0) is 28.6 Å². The molecular formula is C74H138O6. The summed E-state index contributed by atoms with van der Waals surface area (Å²) < 4.78 is 17.0. The Balaban J connectivity index is 4.17. The van der Waals surface area contributed by atoms with Gasteiger partial charge in [-0.3, -0.25) is 14.4 Å². The number of hydrogen-bond acceptors (Lipinski definition) is 6. The Morgan fingerprint density at radius 2 is 0.487 bits per heavy atom. The molecule has 0 N–H and O–H groups in total. The van der Waals surface area contributed by atoms with Gasteiger partial charge in [-0.25, -0.2) is 0 Å². The predicted octanol–water partition coefficient (Wildman–Crippen LogP) is 24.7. The molecule has 0 aromatic rings. The number of unbranched alkanes of at least 4 members (excludes halogenated alkanes) is 50. The minimum absolute atomic E-state index is 0.0758. The van der Waals surface area contributed by atoms with Crippen molar-refractivity contribution in [2.75, 3.05) is 13.2 Å². The highest BCUT2D eigenvalue weighted by molar-refractivity contribution is 5.71. The summed E-state index contributed by atoms with van der Waals surface area (Å²) in [5, 5.41) is 0. The van der Waals surface area contributed by atoms with Crippen molar-refractivity contribution in [3.8, 4) is 0 Å². The lowest BCUT2D eigenvalue weighted by atomic mass is 10.0. The first-order chi connectivity index (χ1) is 39.5. The molecule has 6 nitrogen and oxygen atoms in total. The zero-order chi connectivity index (χ0) is 57.8. The van der Waals surface area contributed by atoms with Crippen LogP contribution in [0.2, 0.25) is 0 Å². The van der Waals surface area contributed by atoms with Crippen molar-refractivity contribution in [1.29, 1.82) is 0 Å². The van der Waals surface area contributed by atoms with E-state index in [4.69, 9.17) is 14.2 Å². The number of hydrogen-bond donors (Lipinski definition) is 0. The van der Waals surface area contributed by atoms with Crippen molar-refractivity contribution in [3.63, 3.8) is 0 Å². The minimum atomic E-state index is -0.782. The largest absolute Gasteiger partial charge is 0.462 e. The lowest BCUT2D eigenvalue weighted by molar-refractivity contribution is -0.167. The van der Waals surface area contributed by atoms with Gasteiger partial charge in [0.2, 0.25) is 0 Å². The monoisotopic (exact) mass is 1120 g/mol. The summed E-state index contributed by atoms with van der Waals surface area (Å²) in [4.78, 5) is 38.4. The number of carbonyl (C=O) groups excluding carboxylic acids is 3. The summed E-state index contributed by atoms with van der Waals surface area (Å²) in [6, 6.07) is 0. The van der Waals surface area contributed by atoms with Crippen molar-refractivity contribution in [2.24, 2.45) is 0 Å². The first kappa shape index (κ1) is 77.6. The fourth-order valence-corrected chi connectivity index (χ4v) is 11.1. The van der Waals surface area contributed by atoms with Crippen LogP contribution < -0.4 is 0 Å². The highest BCUT2D eigenvalue weighted by atomic mass is 16.6. The molecule has 0 saturated carbocycles. The van der Waals surface area contributed by atoms with Crippen molar-refractivity contribution in [1.82, 2.24) is 0 Å². The number of ether oxygens (including phenoxy) is 3. The van der Waals surface area contributed by atoms with Crippen molar-refractivity contribution >= 4 is 17.9 Å². The Kier molecular flexibility index (Phi) is 67.1. The van der Waals surface area contributed by atoms with Gasteiger partial charge in [0, 0.05) is 19.3 Å². The van der Waals surface area contributed by atoms with Gasteiger partial charge in [0.25, 0.3) is 0 Å². The molecule has 0 aliphatic carbocycles. The number of rotatable bonds is 67. The van der Waals surface area contributed by atoms with E-state index in [2.05, 4.69) is 57.2 Å². The summed E-state index contributed by atoms with van der Waals surface area (Å²) in [7, 11) is 0. The van der Waals surface area contributed by atoms with Gasteiger partial charge >= 0.3 is 17.9 Å². The Morgan fingerprint density at radius 1 is 0.263 bits per heavy atom. The van der Waals surface area contributed by atoms with Crippen LogP contribution >= 0.6 is 0 Å². The summed E-state index contributed by atoms with van der Waals surface area (Å²) >= 11 is 0. The molecule has 1 atom stereocenters. The molecule has 0 saturated heterocycles. The molecule has 0 rings (SSSR count). The van der Waals surface area contributed by atoms with Gasteiger partial charge in [0.1, 0.15) is 13.2 Å². The molecular weight excluding hydrogens is 985 g/mol. The second kappa shape index (κ2) is 69.1. The van der Waals surface area contributed by atoms with Gasteiger partial charge < -0.3 is 14.2 Å². The molecule has 0 amide bonds. The van der Waals surface area contributed by atoms with Crippen LogP contribution in [0, 0.1) is 0 Å². The lowest BCUT2D eigenvalue weighted by Crippen LogP contribution is -2.30. The Bertz CT molecular complexity index is 1340. The maximum absolute atomic E-state index is 12.9. The summed E-state index contributed by atoms with van der Waals surface area (Å²) in [5.41, 5.74) is 0. The Morgan fingerprint density at radius 3 is 0.762 bits per heavy atom. The van der Waals surface area contributed by atoms with Crippen molar-refractivity contribution in [3.05, 3.63) is 36.5 Å². The molecule has 80 heavy (non-hydrogen) atoms. The van der Waals surface area contributed by atoms with Crippen LogP contribution in [-0.4, -0.2) is 37.2 Å². The van der Waals surface area contributed by atoms with E-state index in [9.17, 15) is 14.4 Å². The molecule has 0 fully saturated rings. The van der Waals surface area contributed by atoms with Gasteiger partial charge in [-0.2, -0.15) is 0 Å². The molecule has 470 valence electrons. The number of allylic oxidation sites excluding steroid dienone is 6. The second-order valence-electron chi connectivity index (χ2n) is 24.5. The third-order valence-corrected chi connectivity index (χ3v) is 16.4. The van der Waals surface area contributed by atoms with E-state index in [0.29, 0.717) is 19.3 Å². The van der Waals surface area contributed by atoms with Crippen molar-refractivity contribution < 1.29 is 28.6 Å². The topological polar surface area (TPSA) is 78.9 Å². The van der Waals surface area contributed by atoms with E-state index in [0.717, 1.165) is 83.5 Å². The van der Waals surface area contributed by atoms with E-state index in [1.165, 1.54) is 276 Å². The molecule has 0 aromatic carbocycles. The Labute approximate surface area is 499 Å². The van der Waals surface area contributed by atoms with Gasteiger partial charge in [-0.15, -0.1) is 0 Å². The average Bonchev–Trinajstić information content (AvgIpc) is 3.46. The fourth-order valence-electron chi connectivity index (χ4n) is 11.1. The average molecular weight is 1120 g/mol. The number of carbonyl (C=O) groups is 3. The molecule has 0 aliphatic heterocycles. The third-order valence-electron chi connectivity index (χ3n) is 16.4. The smallest absolute Gasteiger partial charge is 0.306 e. The molecule has 0 bridgehead atoms. The molecule has 6 heteroatoms. The highest BCUT2D eigenvalue weighted by Gasteiger charge is 2.19. The summed E-state index contributed by atoms with van der Waals surface area (Å²) in [6.07, 6.45) is 86.3. The van der Waals surface area contributed by atoms with Gasteiger partial charge in [0.05, 0.1) is 0 Å². The maximum atomic E-state index is 12.9. The van der Waals surface area contributed by atoms with E-state index < -0.39 is 6.10 Å². The second-order valence-corrected chi connectivity index (χ2v) is 24.5. The molecule has 0 spiro atoms. The molecule has 0 radical (unpaired) electrons. The molecule has 0 aromatic heterocycles. The third kappa shape index (κ3) is 66.4. The first-order valence-corrected chi connectivity index (χ1v) is 36.0. The fraction of sp³-hybridized carbons (Fsp3) is 0.878. The standard InChI is InChI=1S/C74H138O6/c1-4-7-10-13-16-19-22-25-27-29-31-33-34-35-36-37-38-39-40-41-43-44-46-49-52-55-58-61-64-67-73(76)79-70-71(69-78-72(75)66-63-60-57-54-51-48-24-21-18-15-12-9-6-3)80-74(77)68-65-62-59-56-53-50-47-45-42-32-30-28-26-23-20-17-14-11-8-5-2/h9,12,18,21,48,51,71H,4-8,10-11,13-17,19-20,22-47,49-50,52-70H2,1-3H3/b12-9-,21-18-,51-48-. The molecule has 0 heterocycles. The molecule has 0 aliphatic rings. The van der Waals surface area contributed by atoms with Crippen LogP contribution in [0.3, 0.4) is 0 Å². The van der Waals surface area contributed by atoms with Crippen molar-refractivity contribution in [2.45, 2.75) is 406 Å². The van der Waals surface area contributed by atoms with Crippen LogP contribution in [0.25, 0.3) is 0 Å². The quantitative estimate of drug-likeness (QED) is 0.0261. The van der Waals surface area contributed by atoms with Gasteiger partial charge in [-0.05, 0) is 51.4 Å². The molecule has 1 unspecified atom stereocenters. The summed E-state index contributed by atoms with van der Waals surface area (Å²) in [5.74, 6) is -0.877. The van der Waals surface area contributed by atoms with Crippen LogP contribution in [0.15, 0.2) is 36.5 Å². The van der Waals surface area contributed by atoms with Gasteiger partial charge in [0.15, 0.2) is 6.10 Å². The zero-order valence-corrected chi connectivity index (χ0v) is 54.1. The Hall–Kier alpha value is -2.37. The highest BCUT2D eigenvalue weighted by Crippen LogP contribution is 2.19. The summed E-state index contributed by atoms with van der Waals surface area (Å²) in [6.45, 7) is 6.58. The first-order valence-electron chi connectivity index (χ1n) is 36.0. The lowest BCUT2D eigenvalue weighted by Gasteiger charge is -2.18. The van der Waals surface area contributed by atoms with Crippen LogP contribution in [0.4, 0.5) is 0 Å². The SMILES string of the molecule is CC/C=C\C/C=C\C/C=C\CCCCCC(=O)OCC(COC(=O)CCCCCCCCCCCCCCCCCCCCCCCCCCCCCCC)OC(=O)CCCCCCCCCCCCCCCCCCCCCC. The van der Waals surface area contributed by atoms with Gasteiger partial charge in [-0.1, -0.05) is 365 Å². The maximum Gasteiger partial charge on any atom is 0.306 e. The number of esters is 3. The van der Waals surface area contributed by atoms with E-state index in [-0.39, 0.29) is 31.1 Å². The van der Waals surface area contributed by atoms with Crippen LogP contribution in [0.1, 0.15) is 400 Å². The van der Waals surface area contributed by atoms with E-state index in [1.807, 2.05) is 0 Å². The van der Waals surface area contributed by atoms with Crippen LogP contribution in [0.5, 0.6) is 0 Å². The van der Waals surface area contributed by atoms with E-state index in [1.54, 1.807) is 0 Å². The minimum Gasteiger partial charge on any atom is -0.462 e. The predicted molar refractivity (Wildman–Crippen MR) is 349 cm³/mol. The zero-order valence-electron chi connectivity index (χ0n) is 54.1.